The van der Waals surface area contributed by atoms with Gasteiger partial charge in [0, 0.05) is 6.07 Å². The van der Waals surface area contributed by atoms with E-state index in [1.165, 1.54) is 19.2 Å². The van der Waals surface area contributed by atoms with Crippen LogP contribution in [0.1, 0.15) is 11.1 Å². The van der Waals surface area contributed by atoms with E-state index in [0.29, 0.717) is 12.0 Å². The Hall–Kier alpha value is -3.42. The fourth-order valence-electron chi connectivity index (χ4n) is 3.05. The van der Waals surface area contributed by atoms with Crippen molar-refractivity contribution in [1.29, 1.82) is 0 Å². The molecule has 0 aliphatic carbocycles. The summed E-state index contributed by atoms with van der Waals surface area (Å²) in [6.07, 6.45) is -0.351. The SMILES string of the molecule is COc1ccc(CC(=O)N2C(=O)OC[C@@H]2Cc2ccccc2)cc1[N+](=O)[O-]. The van der Waals surface area contributed by atoms with Gasteiger partial charge in [-0.05, 0) is 23.6 Å². The van der Waals surface area contributed by atoms with Gasteiger partial charge in [-0.25, -0.2) is 9.69 Å². The minimum atomic E-state index is -0.691. The van der Waals surface area contributed by atoms with E-state index in [2.05, 4.69) is 0 Å². The molecule has 0 radical (unpaired) electrons. The van der Waals surface area contributed by atoms with Crippen LogP contribution in [0.15, 0.2) is 48.5 Å². The number of hydrogen-bond acceptors (Lipinski definition) is 6. The van der Waals surface area contributed by atoms with Gasteiger partial charge >= 0.3 is 11.8 Å². The Balaban J connectivity index is 1.76. The molecule has 8 nitrogen and oxygen atoms in total. The van der Waals surface area contributed by atoms with E-state index < -0.39 is 23.0 Å². The van der Waals surface area contributed by atoms with Gasteiger partial charge in [-0.1, -0.05) is 36.4 Å². The molecule has 1 aliphatic heterocycles. The summed E-state index contributed by atoms with van der Waals surface area (Å²) in [5, 5.41) is 11.1. The quantitative estimate of drug-likeness (QED) is 0.573. The second kappa shape index (κ2) is 7.86. The van der Waals surface area contributed by atoms with E-state index in [9.17, 15) is 19.7 Å². The van der Waals surface area contributed by atoms with Crippen LogP contribution in [0.25, 0.3) is 0 Å². The number of ether oxygens (including phenoxy) is 2. The number of imide groups is 1. The van der Waals surface area contributed by atoms with Crippen LogP contribution >= 0.6 is 0 Å². The van der Waals surface area contributed by atoms with Crippen LogP contribution < -0.4 is 4.74 Å². The van der Waals surface area contributed by atoms with Gasteiger partial charge in [0.1, 0.15) is 6.61 Å². The summed E-state index contributed by atoms with van der Waals surface area (Å²) in [7, 11) is 1.33. The van der Waals surface area contributed by atoms with E-state index in [4.69, 9.17) is 9.47 Å². The molecule has 2 aromatic carbocycles. The van der Waals surface area contributed by atoms with E-state index in [0.717, 1.165) is 10.5 Å². The number of carbonyl (C=O) groups excluding carboxylic acids is 2. The number of nitro groups is 1. The fraction of sp³-hybridized carbons (Fsp3) is 0.263. The Morgan fingerprint density at radius 2 is 2.00 bits per heavy atom. The zero-order valence-electron chi connectivity index (χ0n) is 14.7. The number of nitro benzene ring substituents is 1. The minimum Gasteiger partial charge on any atom is -0.490 e. The lowest BCUT2D eigenvalue weighted by molar-refractivity contribution is -0.385. The van der Waals surface area contributed by atoms with E-state index in [1.54, 1.807) is 6.07 Å². The molecule has 0 saturated carbocycles. The molecule has 1 saturated heterocycles. The first-order valence-electron chi connectivity index (χ1n) is 8.33. The Kier molecular flexibility index (Phi) is 5.35. The molecule has 1 heterocycles. The van der Waals surface area contributed by atoms with Gasteiger partial charge in [-0.3, -0.25) is 14.9 Å². The zero-order chi connectivity index (χ0) is 19.4. The van der Waals surface area contributed by atoms with Crippen LogP contribution in [0.5, 0.6) is 5.75 Å². The molecule has 1 aliphatic rings. The van der Waals surface area contributed by atoms with Crippen LogP contribution in [0.2, 0.25) is 0 Å². The van der Waals surface area contributed by atoms with E-state index in [-0.39, 0.29) is 24.5 Å². The summed E-state index contributed by atoms with van der Waals surface area (Å²) >= 11 is 0. The van der Waals surface area contributed by atoms with Crippen molar-refractivity contribution in [1.82, 2.24) is 4.90 Å². The van der Waals surface area contributed by atoms with Crippen molar-refractivity contribution in [3.05, 3.63) is 69.8 Å². The molecule has 2 amide bonds. The number of hydrogen-bond donors (Lipinski definition) is 0. The molecule has 1 fully saturated rings. The van der Waals surface area contributed by atoms with Crippen molar-refractivity contribution < 1.29 is 24.0 Å². The van der Waals surface area contributed by atoms with Crippen molar-refractivity contribution >= 4 is 17.7 Å². The van der Waals surface area contributed by atoms with Gasteiger partial charge in [-0.2, -0.15) is 0 Å². The van der Waals surface area contributed by atoms with Crippen LogP contribution in [0.3, 0.4) is 0 Å². The lowest BCUT2D eigenvalue weighted by Gasteiger charge is -2.19. The third-order valence-corrected chi connectivity index (χ3v) is 4.34. The van der Waals surface area contributed by atoms with Gasteiger partial charge in [-0.15, -0.1) is 0 Å². The molecule has 2 aromatic rings. The molecule has 0 unspecified atom stereocenters. The summed E-state index contributed by atoms with van der Waals surface area (Å²) < 4.78 is 10.0. The van der Waals surface area contributed by atoms with Gasteiger partial charge in [0.2, 0.25) is 5.91 Å². The lowest BCUT2D eigenvalue weighted by atomic mass is 10.0. The standard InChI is InChI=1S/C19H18N2O6/c1-26-17-8-7-14(10-16(17)21(24)25)11-18(22)20-15(12-27-19(20)23)9-13-5-3-2-4-6-13/h2-8,10,15H,9,11-12H2,1H3/t15-/m0/s1. The normalized spacial score (nSPS) is 16.1. The van der Waals surface area contributed by atoms with Gasteiger partial charge in [0.05, 0.1) is 24.5 Å². The first kappa shape index (κ1) is 18.4. The van der Waals surface area contributed by atoms with Gasteiger partial charge in [0.25, 0.3) is 0 Å². The maximum Gasteiger partial charge on any atom is 0.416 e. The molecule has 8 heteroatoms. The molecule has 3 rings (SSSR count). The third-order valence-electron chi connectivity index (χ3n) is 4.34. The minimum absolute atomic E-state index is 0.110. The molecule has 27 heavy (non-hydrogen) atoms. The Labute approximate surface area is 155 Å². The van der Waals surface area contributed by atoms with Gasteiger partial charge < -0.3 is 9.47 Å². The highest BCUT2D eigenvalue weighted by atomic mass is 16.6. The molecule has 140 valence electrons. The molecular formula is C19H18N2O6. The first-order valence-corrected chi connectivity index (χ1v) is 8.33. The van der Waals surface area contributed by atoms with Crippen molar-refractivity contribution in [2.75, 3.05) is 13.7 Å². The van der Waals surface area contributed by atoms with Crippen molar-refractivity contribution in [2.45, 2.75) is 18.9 Å². The van der Waals surface area contributed by atoms with E-state index >= 15 is 0 Å². The second-order valence-corrected chi connectivity index (χ2v) is 6.12. The topological polar surface area (TPSA) is 99.0 Å². The molecular weight excluding hydrogens is 352 g/mol. The van der Waals surface area contributed by atoms with Crippen LogP contribution in [-0.4, -0.2) is 41.6 Å². The molecule has 0 bridgehead atoms. The maximum absolute atomic E-state index is 12.7. The Bertz CT molecular complexity index is 868. The first-order chi connectivity index (χ1) is 13.0. The average molecular weight is 370 g/mol. The Morgan fingerprint density at radius 1 is 1.26 bits per heavy atom. The molecule has 0 aromatic heterocycles. The zero-order valence-corrected chi connectivity index (χ0v) is 14.7. The Morgan fingerprint density at radius 3 is 2.67 bits per heavy atom. The maximum atomic E-state index is 12.7. The van der Waals surface area contributed by atoms with Crippen LogP contribution in [0.4, 0.5) is 10.5 Å². The largest absolute Gasteiger partial charge is 0.490 e. The van der Waals surface area contributed by atoms with Crippen molar-refractivity contribution in [3.8, 4) is 5.75 Å². The number of cyclic esters (lactones) is 1. The smallest absolute Gasteiger partial charge is 0.416 e. The highest BCUT2D eigenvalue weighted by Crippen LogP contribution is 2.28. The highest BCUT2D eigenvalue weighted by molar-refractivity contribution is 5.94. The summed E-state index contributed by atoms with van der Waals surface area (Å²) in [6.45, 7) is 0.127. The predicted octanol–water partition coefficient (Wildman–Crippen LogP) is 2.74. The van der Waals surface area contributed by atoms with Gasteiger partial charge in [0.15, 0.2) is 5.75 Å². The predicted molar refractivity (Wildman–Crippen MR) is 95.5 cm³/mol. The summed E-state index contributed by atoms with van der Waals surface area (Å²) in [4.78, 5) is 36.4. The third kappa shape index (κ3) is 4.05. The van der Waals surface area contributed by atoms with E-state index in [1.807, 2.05) is 30.3 Å². The fourth-order valence-corrected chi connectivity index (χ4v) is 3.05. The second-order valence-electron chi connectivity index (χ2n) is 6.12. The summed E-state index contributed by atoms with van der Waals surface area (Å²) in [5.74, 6) is -0.350. The molecule has 1 atom stereocenters. The number of benzene rings is 2. The number of amides is 2. The molecule has 0 spiro atoms. The summed E-state index contributed by atoms with van der Waals surface area (Å²) in [6, 6.07) is 13.4. The van der Waals surface area contributed by atoms with Crippen LogP contribution in [0, 0.1) is 10.1 Å². The number of rotatable bonds is 6. The lowest BCUT2D eigenvalue weighted by Crippen LogP contribution is -2.41. The highest BCUT2D eigenvalue weighted by Gasteiger charge is 2.37. The van der Waals surface area contributed by atoms with Crippen LogP contribution in [-0.2, 0) is 22.4 Å². The summed E-state index contributed by atoms with van der Waals surface area (Å²) in [5.41, 5.74) is 1.18. The number of carbonyl (C=O) groups is 2. The molecule has 0 N–H and O–H groups in total. The van der Waals surface area contributed by atoms with Crippen molar-refractivity contribution in [2.24, 2.45) is 0 Å². The number of methoxy groups -OCH3 is 1. The monoisotopic (exact) mass is 370 g/mol. The average Bonchev–Trinajstić information content (AvgIpc) is 3.02. The van der Waals surface area contributed by atoms with Crippen molar-refractivity contribution in [3.63, 3.8) is 0 Å². The number of nitrogens with zero attached hydrogens (tertiary/aromatic N) is 2.